The minimum Gasteiger partial charge on any atom is -0.396 e. The Balaban J connectivity index is 4.00. The van der Waals surface area contributed by atoms with Gasteiger partial charge in [0.25, 0.3) is 0 Å². The van der Waals surface area contributed by atoms with Gasteiger partial charge in [0, 0.05) is 12.6 Å². The first-order chi connectivity index (χ1) is 6.94. The van der Waals surface area contributed by atoms with Crippen molar-refractivity contribution < 1.29 is 9.90 Å². The van der Waals surface area contributed by atoms with E-state index in [1.54, 1.807) is 0 Å². The van der Waals surface area contributed by atoms with Crippen molar-refractivity contribution in [2.45, 2.75) is 52.1 Å². The molecule has 1 unspecified atom stereocenters. The van der Waals surface area contributed by atoms with Crippen molar-refractivity contribution in [2.75, 3.05) is 13.2 Å². The van der Waals surface area contributed by atoms with Gasteiger partial charge in [0.05, 0.1) is 5.54 Å². The predicted molar refractivity (Wildman–Crippen MR) is 61.7 cm³/mol. The smallest absolute Gasteiger partial charge is 0.239 e. The van der Waals surface area contributed by atoms with E-state index in [1.807, 2.05) is 27.7 Å². The van der Waals surface area contributed by atoms with Crippen LogP contribution in [0, 0.1) is 0 Å². The van der Waals surface area contributed by atoms with Crippen molar-refractivity contribution in [3.63, 3.8) is 0 Å². The van der Waals surface area contributed by atoms with Crippen LogP contribution < -0.4 is 10.6 Å². The Morgan fingerprint density at radius 1 is 1.47 bits per heavy atom. The van der Waals surface area contributed by atoms with Crippen molar-refractivity contribution in [1.82, 2.24) is 10.6 Å². The van der Waals surface area contributed by atoms with Gasteiger partial charge in [-0.2, -0.15) is 0 Å². The molecule has 0 spiro atoms. The van der Waals surface area contributed by atoms with E-state index in [1.165, 1.54) is 0 Å². The fraction of sp³-hybridized carbons (Fsp3) is 0.909. The maximum Gasteiger partial charge on any atom is 0.239 e. The summed E-state index contributed by atoms with van der Waals surface area (Å²) in [6, 6.07) is 0.114. The molecule has 0 aliphatic heterocycles. The van der Waals surface area contributed by atoms with Crippen LogP contribution in [0.5, 0.6) is 0 Å². The SMILES string of the molecule is CCNC(C)(C)C(=O)NC(C)CCCO. The Morgan fingerprint density at radius 3 is 2.53 bits per heavy atom. The molecule has 0 aliphatic carbocycles. The van der Waals surface area contributed by atoms with Gasteiger partial charge in [0.15, 0.2) is 0 Å². The monoisotopic (exact) mass is 216 g/mol. The summed E-state index contributed by atoms with van der Waals surface area (Å²) in [4.78, 5) is 11.8. The molecular formula is C11H24N2O2. The lowest BCUT2D eigenvalue weighted by molar-refractivity contribution is -0.127. The van der Waals surface area contributed by atoms with Crippen LogP contribution in [0.2, 0.25) is 0 Å². The number of carbonyl (C=O) groups is 1. The number of rotatable bonds is 7. The quantitative estimate of drug-likeness (QED) is 0.585. The summed E-state index contributed by atoms with van der Waals surface area (Å²) in [6.45, 7) is 8.61. The van der Waals surface area contributed by atoms with E-state index < -0.39 is 5.54 Å². The molecule has 0 aromatic heterocycles. The topological polar surface area (TPSA) is 61.4 Å². The van der Waals surface area contributed by atoms with E-state index in [-0.39, 0.29) is 18.6 Å². The van der Waals surface area contributed by atoms with E-state index in [2.05, 4.69) is 10.6 Å². The fourth-order valence-corrected chi connectivity index (χ4v) is 1.40. The number of hydrogen-bond acceptors (Lipinski definition) is 3. The lowest BCUT2D eigenvalue weighted by Crippen LogP contribution is -2.54. The molecular weight excluding hydrogens is 192 g/mol. The molecule has 0 radical (unpaired) electrons. The highest BCUT2D eigenvalue weighted by molar-refractivity contribution is 5.85. The molecule has 1 atom stereocenters. The Bertz CT molecular complexity index is 193. The van der Waals surface area contributed by atoms with Gasteiger partial charge in [-0.3, -0.25) is 4.79 Å². The average molecular weight is 216 g/mol. The molecule has 0 heterocycles. The first-order valence-electron chi connectivity index (χ1n) is 5.61. The largest absolute Gasteiger partial charge is 0.396 e. The molecule has 15 heavy (non-hydrogen) atoms. The predicted octanol–water partition coefficient (Wildman–Crippen LogP) is 0.652. The second-order valence-electron chi connectivity index (χ2n) is 4.40. The van der Waals surface area contributed by atoms with Crippen LogP contribution in [-0.4, -0.2) is 35.7 Å². The molecule has 1 amide bonds. The van der Waals surface area contributed by atoms with Crippen molar-refractivity contribution in [3.05, 3.63) is 0 Å². The summed E-state index contributed by atoms with van der Waals surface area (Å²) < 4.78 is 0. The maximum absolute atomic E-state index is 11.8. The van der Waals surface area contributed by atoms with Crippen LogP contribution in [0.3, 0.4) is 0 Å². The molecule has 0 rings (SSSR count). The number of carbonyl (C=O) groups excluding carboxylic acids is 1. The third-order valence-corrected chi connectivity index (χ3v) is 2.36. The second kappa shape index (κ2) is 6.80. The first kappa shape index (κ1) is 14.4. The van der Waals surface area contributed by atoms with Crippen molar-refractivity contribution in [1.29, 1.82) is 0 Å². The van der Waals surface area contributed by atoms with E-state index in [0.717, 1.165) is 19.4 Å². The number of nitrogens with one attached hydrogen (secondary N) is 2. The molecule has 0 aliphatic rings. The Kier molecular flexibility index (Phi) is 6.52. The van der Waals surface area contributed by atoms with Crippen LogP contribution in [0.1, 0.15) is 40.5 Å². The van der Waals surface area contributed by atoms with E-state index in [9.17, 15) is 4.79 Å². The van der Waals surface area contributed by atoms with Crippen molar-refractivity contribution >= 4 is 5.91 Å². The fourth-order valence-electron chi connectivity index (χ4n) is 1.40. The van der Waals surface area contributed by atoms with Crippen LogP contribution in [0.15, 0.2) is 0 Å². The van der Waals surface area contributed by atoms with Gasteiger partial charge in [0.1, 0.15) is 0 Å². The number of amides is 1. The van der Waals surface area contributed by atoms with Crippen molar-refractivity contribution in [2.24, 2.45) is 0 Å². The highest BCUT2D eigenvalue weighted by Crippen LogP contribution is 2.04. The molecule has 4 heteroatoms. The molecule has 4 nitrogen and oxygen atoms in total. The first-order valence-corrected chi connectivity index (χ1v) is 5.61. The summed E-state index contributed by atoms with van der Waals surface area (Å²) in [5.41, 5.74) is -0.526. The minimum atomic E-state index is -0.526. The van der Waals surface area contributed by atoms with Gasteiger partial charge in [-0.25, -0.2) is 0 Å². The average Bonchev–Trinajstić information content (AvgIpc) is 2.14. The number of hydrogen-bond donors (Lipinski definition) is 3. The zero-order chi connectivity index (χ0) is 11.9. The summed E-state index contributed by atoms with van der Waals surface area (Å²) in [6.07, 6.45) is 1.54. The minimum absolute atomic E-state index is 0.00906. The number of aliphatic hydroxyl groups excluding tert-OH is 1. The third kappa shape index (κ3) is 5.74. The van der Waals surface area contributed by atoms with Gasteiger partial charge in [-0.15, -0.1) is 0 Å². The zero-order valence-electron chi connectivity index (χ0n) is 10.3. The molecule has 0 bridgehead atoms. The third-order valence-electron chi connectivity index (χ3n) is 2.36. The maximum atomic E-state index is 11.8. The Morgan fingerprint density at radius 2 is 2.07 bits per heavy atom. The standard InChI is InChI=1S/C11H24N2O2/c1-5-12-11(3,4)10(15)13-9(2)7-6-8-14/h9,12,14H,5-8H2,1-4H3,(H,13,15). The van der Waals surface area contributed by atoms with Gasteiger partial charge >= 0.3 is 0 Å². The molecule has 3 N–H and O–H groups in total. The van der Waals surface area contributed by atoms with Gasteiger partial charge in [-0.1, -0.05) is 6.92 Å². The van der Waals surface area contributed by atoms with Crippen LogP contribution in [0.4, 0.5) is 0 Å². The second-order valence-corrected chi connectivity index (χ2v) is 4.40. The Hall–Kier alpha value is -0.610. The molecule has 0 aromatic rings. The van der Waals surface area contributed by atoms with Gasteiger partial charge in [-0.05, 0) is 40.2 Å². The summed E-state index contributed by atoms with van der Waals surface area (Å²) in [7, 11) is 0. The van der Waals surface area contributed by atoms with E-state index >= 15 is 0 Å². The van der Waals surface area contributed by atoms with Crippen LogP contribution >= 0.6 is 0 Å². The van der Waals surface area contributed by atoms with Crippen LogP contribution in [-0.2, 0) is 4.79 Å². The molecule has 0 fully saturated rings. The highest BCUT2D eigenvalue weighted by atomic mass is 16.3. The van der Waals surface area contributed by atoms with E-state index in [4.69, 9.17) is 5.11 Å². The lowest BCUT2D eigenvalue weighted by atomic mass is 10.0. The number of likely N-dealkylation sites (N-methyl/N-ethyl adjacent to an activating group) is 1. The van der Waals surface area contributed by atoms with Crippen molar-refractivity contribution in [3.8, 4) is 0 Å². The summed E-state index contributed by atoms with van der Waals surface area (Å²) in [5, 5.41) is 14.7. The van der Waals surface area contributed by atoms with Gasteiger partial charge < -0.3 is 15.7 Å². The number of aliphatic hydroxyl groups is 1. The van der Waals surface area contributed by atoms with E-state index in [0.29, 0.717) is 0 Å². The van der Waals surface area contributed by atoms with Gasteiger partial charge in [0.2, 0.25) is 5.91 Å². The molecule has 0 aromatic carbocycles. The normalized spacial score (nSPS) is 13.7. The summed E-state index contributed by atoms with van der Waals surface area (Å²) in [5.74, 6) is 0.00906. The zero-order valence-corrected chi connectivity index (χ0v) is 10.3. The molecule has 0 saturated carbocycles. The lowest BCUT2D eigenvalue weighted by Gasteiger charge is -2.26. The summed E-state index contributed by atoms with van der Waals surface area (Å²) >= 11 is 0. The molecule has 0 saturated heterocycles. The highest BCUT2D eigenvalue weighted by Gasteiger charge is 2.26. The molecule has 90 valence electrons. The Labute approximate surface area is 92.4 Å². The van der Waals surface area contributed by atoms with Crippen LogP contribution in [0.25, 0.3) is 0 Å².